The van der Waals surface area contributed by atoms with Crippen molar-refractivity contribution in [3.8, 4) is 17.6 Å². The Labute approximate surface area is 129 Å². The molecule has 0 saturated carbocycles. The van der Waals surface area contributed by atoms with Crippen molar-refractivity contribution in [1.82, 2.24) is 4.98 Å². The van der Waals surface area contributed by atoms with E-state index in [4.69, 9.17) is 4.74 Å². The molecule has 106 valence electrons. The molecule has 0 N–H and O–H groups in total. The molecule has 0 radical (unpaired) electrons. The quantitative estimate of drug-likeness (QED) is 0.617. The van der Waals surface area contributed by atoms with Crippen LogP contribution >= 0.6 is 15.9 Å². The van der Waals surface area contributed by atoms with Gasteiger partial charge in [0.25, 0.3) is 5.69 Å². The second kappa shape index (κ2) is 5.89. The SMILES string of the molecule is Cc1cc(Oc2cc([N+](=O)[O-])ccc2Br)c(C#N)c(C)n1. The van der Waals surface area contributed by atoms with Gasteiger partial charge < -0.3 is 4.74 Å². The molecule has 1 aromatic heterocycles. The summed E-state index contributed by atoms with van der Waals surface area (Å²) < 4.78 is 6.23. The number of nitro benzene ring substituents is 1. The Morgan fingerprint density at radius 2 is 2.05 bits per heavy atom. The summed E-state index contributed by atoms with van der Waals surface area (Å²) >= 11 is 3.27. The topological polar surface area (TPSA) is 89.0 Å². The van der Waals surface area contributed by atoms with Crippen LogP contribution in [-0.4, -0.2) is 9.91 Å². The first-order valence-electron chi connectivity index (χ1n) is 5.92. The Balaban J connectivity index is 2.50. The minimum absolute atomic E-state index is 0.0887. The normalized spacial score (nSPS) is 10.0. The maximum Gasteiger partial charge on any atom is 0.273 e. The lowest BCUT2D eigenvalue weighted by atomic mass is 10.2. The van der Waals surface area contributed by atoms with Crippen molar-refractivity contribution in [1.29, 1.82) is 5.26 Å². The monoisotopic (exact) mass is 347 g/mol. The van der Waals surface area contributed by atoms with Crippen molar-refractivity contribution in [2.24, 2.45) is 0 Å². The maximum atomic E-state index is 10.8. The molecule has 0 aliphatic rings. The number of aromatic nitrogens is 1. The fraction of sp³-hybridized carbons (Fsp3) is 0.143. The molecule has 0 saturated heterocycles. The number of aryl methyl sites for hydroxylation is 2. The van der Waals surface area contributed by atoms with Crippen molar-refractivity contribution in [3.05, 3.63) is 55.8 Å². The van der Waals surface area contributed by atoms with E-state index in [9.17, 15) is 15.4 Å². The lowest BCUT2D eigenvalue weighted by Gasteiger charge is -2.11. The predicted molar refractivity (Wildman–Crippen MR) is 79.3 cm³/mol. The Hall–Kier alpha value is -2.46. The Bertz CT molecular complexity index is 769. The Morgan fingerprint density at radius 1 is 1.33 bits per heavy atom. The van der Waals surface area contributed by atoms with Gasteiger partial charge in [-0.3, -0.25) is 15.1 Å². The van der Waals surface area contributed by atoms with Gasteiger partial charge in [0, 0.05) is 17.8 Å². The summed E-state index contributed by atoms with van der Waals surface area (Å²) in [5.41, 5.74) is 1.46. The van der Waals surface area contributed by atoms with E-state index in [0.29, 0.717) is 27.2 Å². The van der Waals surface area contributed by atoms with Gasteiger partial charge >= 0.3 is 0 Å². The molecule has 21 heavy (non-hydrogen) atoms. The number of pyridine rings is 1. The molecule has 2 rings (SSSR count). The summed E-state index contributed by atoms with van der Waals surface area (Å²) in [5, 5.41) is 20.0. The van der Waals surface area contributed by atoms with Crippen LogP contribution in [0.25, 0.3) is 0 Å². The Morgan fingerprint density at radius 3 is 2.67 bits per heavy atom. The minimum atomic E-state index is -0.506. The van der Waals surface area contributed by atoms with Crippen molar-refractivity contribution in [2.75, 3.05) is 0 Å². The van der Waals surface area contributed by atoms with Gasteiger partial charge in [0.1, 0.15) is 23.1 Å². The molecular formula is C14H10BrN3O3. The predicted octanol–water partition coefficient (Wildman–Crippen LogP) is 4.03. The molecule has 0 spiro atoms. The molecule has 6 nitrogen and oxygen atoms in total. The zero-order chi connectivity index (χ0) is 15.6. The lowest BCUT2D eigenvalue weighted by molar-refractivity contribution is -0.384. The minimum Gasteiger partial charge on any atom is -0.454 e. The number of nitrogens with zero attached hydrogens (tertiary/aromatic N) is 3. The first-order valence-corrected chi connectivity index (χ1v) is 6.72. The molecular weight excluding hydrogens is 338 g/mol. The summed E-state index contributed by atoms with van der Waals surface area (Å²) in [6.45, 7) is 3.49. The number of ether oxygens (including phenoxy) is 1. The average Bonchev–Trinajstić information content (AvgIpc) is 2.40. The fourth-order valence-corrected chi connectivity index (χ4v) is 2.14. The van der Waals surface area contributed by atoms with Gasteiger partial charge in [-0.05, 0) is 35.8 Å². The molecule has 7 heteroatoms. The zero-order valence-corrected chi connectivity index (χ0v) is 12.8. The van der Waals surface area contributed by atoms with E-state index >= 15 is 0 Å². The van der Waals surface area contributed by atoms with Crippen molar-refractivity contribution in [2.45, 2.75) is 13.8 Å². The van der Waals surface area contributed by atoms with Crippen LogP contribution in [0.4, 0.5) is 5.69 Å². The van der Waals surface area contributed by atoms with Crippen molar-refractivity contribution in [3.63, 3.8) is 0 Å². The van der Waals surface area contributed by atoms with Crippen LogP contribution in [0.1, 0.15) is 17.0 Å². The van der Waals surface area contributed by atoms with Crippen LogP contribution in [-0.2, 0) is 0 Å². The van der Waals surface area contributed by atoms with Crippen molar-refractivity contribution >= 4 is 21.6 Å². The van der Waals surface area contributed by atoms with Crippen molar-refractivity contribution < 1.29 is 9.66 Å². The number of benzene rings is 1. The first kappa shape index (κ1) is 14.9. The number of halogens is 1. The summed E-state index contributed by atoms with van der Waals surface area (Å²) in [7, 11) is 0. The van der Waals surface area contributed by atoms with Gasteiger partial charge in [-0.15, -0.1) is 0 Å². The van der Waals surface area contributed by atoms with Crippen LogP contribution < -0.4 is 4.74 Å². The first-order chi connectivity index (χ1) is 9.92. The van der Waals surface area contributed by atoms with Crippen LogP contribution in [0.5, 0.6) is 11.5 Å². The summed E-state index contributed by atoms with van der Waals surface area (Å²) in [6, 6.07) is 7.85. The standard InChI is InChI=1S/C14H10BrN3O3/c1-8-5-13(11(7-16)9(2)17-8)21-14-6-10(18(19)20)3-4-12(14)15/h3-6H,1-2H3. The molecule has 0 amide bonds. The van der Waals surface area contributed by atoms with E-state index in [1.165, 1.54) is 18.2 Å². The highest BCUT2D eigenvalue weighted by atomic mass is 79.9. The molecule has 0 fully saturated rings. The van der Waals surface area contributed by atoms with Crippen LogP contribution in [0.3, 0.4) is 0 Å². The highest BCUT2D eigenvalue weighted by Crippen LogP contribution is 2.34. The van der Waals surface area contributed by atoms with Gasteiger partial charge in [0.15, 0.2) is 0 Å². The number of non-ortho nitro benzene ring substituents is 1. The van der Waals surface area contributed by atoms with Gasteiger partial charge in [0.2, 0.25) is 0 Å². The lowest BCUT2D eigenvalue weighted by Crippen LogP contribution is -1.97. The third-order valence-corrected chi connectivity index (χ3v) is 3.40. The van der Waals surface area contributed by atoms with E-state index in [2.05, 4.69) is 20.9 Å². The van der Waals surface area contributed by atoms with Crippen LogP contribution in [0.2, 0.25) is 0 Å². The summed E-state index contributed by atoms with van der Waals surface area (Å²) in [4.78, 5) is 14.5. The molecule has 0 bridgehead atoms. The largest absolute Gasteiger partial charge is 0.454 e. The van der Waals surface area contributed by atoms with Gasteiger partial charge in [-0.25, -0.2) is 0 Å². The smallest absolute Gasteiger partial charge is 0.273 e. The summed E-state index contributed by atoms with van der Waals surface area (Å²) in [5.74, 6) is 0.592. The highest BCUT2D eigenvalue weighted by Gasteiger charge is 2.15. The number of hydrogen-bond donors (Lipinski definition) is 0. The summed E-state index contributed by atoms with van der Waals surface area (Å²) in [6.07, 6.45) is 0. The van der Waals surface area contributed by atoms with E-state index in [0.717, 1.165) is 0 Å². The van der Waals surface area contributed by atoms with Gasteiger partial charge in [-0.2, -0.15) is 5.26 Å². The molecule has 1 aromatic carbocycles. The number of rotatable bonds is 3. The molecule has 0 unspecified atom stereocenters. The average molecular weight is 348 g/mol. The molecule has 2 aromatic rings. The van der Waals surface area contributed by atoms with Gasteiger partial charge in [0.05, 0.1) is 21.2 Å². The highest BCUT2D eigenvalue weighted by molar-refractivity contribution is 9.10. The Kier molecular flexibility index (Phi) is 4.19. The second-order valence-corrected chi connectivity index (χ2v) is 5.16. The van der Waals surface area contributed by atoms with Crippen LogP contribution in [0.15, 0.2) is 28.7 Å². The molecule has 1 heterocycles. The van der Waals surface area contributed by atoms with Gasteiger partial charge in [-0.1, -0.05) is 0 Å². The maximum absolute atomic E-state index is 10.8. The fourth-order valence-electron chi connectivity index (χ4n) is 1.81. The van der Waals surface area contributed by atoms with E-state index in [1.807, 2.05) is 6.07 Å². The van der Waals surface area contributed by atoms with E-state index in [-0.39, 0.29) is 11.4 Å². The third kappa shape index (κ3) is 3.17. The number of hydrogen-bond acceptors (Lipinski definition) is 5. The number of nitriles is 1. The van der Waals surface area contributed by atoms with E-state index in [1.54, 1.807) is 19.9 Å². The second-order valence-electron chi connectivity index (χ2n) is 4.31. The zero-order valence-electron chi connectivity index (χ0n) is 11.3. The van der Waals surface area contributed by atoms with Crippen LogP contribution in [0, 0.1) is 35.3 Å². The molecule has 0 atom stereocenters. The molecule has 0 aliphatic carbocycles. The number of nitro groups is 1. The van der Waals surface area contributed by atoms with E-state index < -0.39 is 4.92 Å². The third-order valence-electron chi connectivity index (χ3n) is 2.75. The molecule has 0 aliphatic heterocycles.